The summed E-state index contributed by atoms with van der Waals surface area (Å²) in [4.78, 5) is 10.2. The molecule has 0 aromatic rings. The molecule has 2 nitrogen and oxygen atoms in total. The van der Waals surface area contributed by atoms with Crippen molar-refractivity contribution < 1.29 is 4.79 Å². The molecule has 1 aliphatic heterocycles. The highest BCUT2D eigenvalue weighted by Crippen LogP contribution is 2.30. The van der Waals surface area contributed by atoms with Crippen molar-refractivity contribution in [3.05, 3.63) is 11.0 Å². The van der Waals surface area contributed by atoms with Gasteiger partial charge in [-0.05, 0) is 41.6 Å². The van der Waals surface area contributed by atoms with Gasteiger partial charge in [0.05, 0.1) is 0 Å². The second-order valence-electron chi connectivity index (χ2n) is 1.82. The molecule has 0 radical (unpaired) electrons. The Morgan fingerprint density at radius 2 is 2.67 bits per heavy atom. The Kier molecular flexibility index (Phi) is 2.16. The minimum Gasteiger partial charge on any atom is -0.301 e. The minimum atomic E-state index is -0.225. The maximum absolute atomic E-state index is 10.2. The van der Waals surface area contributed by atoms with E-state index in [0.717, 1.165) is 11.9 Å². The molecule has 0 aliphatic carbocycles. The van der Waals surface area contributed by atoms with E-state index >= 15 is 0 Å². The van der Waals surface area contributed by atoms with E-state index in [9.17, 15) is 4.79 Å². The number of halogens is 1. The number of hydrogen-bond donors (Lipinski definition) is 0. The fraction of sp³-hybridized carbons (Fsp3) is 0.400. The zero-order valence-corrected chi connectivity index (χ0v) is 6.45. The van der Waals surface area contributed by atoms with Crippen LogP contribution in [0.25, 0.3) is 0 Å². The monoisotopic (exact) mass is 163 g/mol. The summed E-state index contributed by atoms with van der Waals surface area (Å²) in [5, 5.41) is 1.87. The summed E-state index contributed by atoms with van der Waals surface area (Å²) in [5.41, 5.74) is 1.00. The highest BCUT2D eigenvalue weighted by Gasteiger charge is 2.22. The fourth-order valence-electron chi connectivity index (χ4n) is 0.584. The van der Waals surface area contributed by atoms with Crippen molar-refractivity contribution in [2.24, 2.45) is 0 Å². The molecule has 0 amide bonds. The number of carbonyl (C=O) groups excluding carboxylic acids is 1. The smallest absolute Gasteiger partial charge is 0.143 e. The van der Waals surface area contributed by atoms with Crippen LogP contribution in [0.4, 0.5) is 0 Å². The fourth-order valence-corrected chi connectivity index (χ4v) is 1.66. The number of aldehydes is 1. The average Bonchev–Trinajstić information content (AvgIpc) is 2.12. The molecule has 0 aromatic heterocycles. The van der Waals surface area contributed by atoms with Gasteiger partial charge in [0, 0.05) is 0 Å². The maximum Gasteiger partial charge on any atom is 0.143 e. The van der Waals surface area contributed by atoms with Gasteiger partial charge >= 0.3 is 0 Å². The van der Waals surface area contributed by atoms with E-state index in [1.54, 1.807) is 0 Å². The molecular formula is C5H6ClNOS. The van der Waals surface area contributed by atoms with Crippen molar-refractivity contribution in [2.75, 3.05) is 0 Å². The lowest BCUT2D eigenvalue weighted by molar-refractivity contribution is -0.109. The third-order valence-electron chi connectivity index (χ3n) is 1.15. The molecule has 0 N–H and O–H groups in total. The Balaban J connectivity index is 2.67. The zero-order chi connectivity index (χ0) is 6.85. The van der Waals surface area contributed by atoms with Gasteiger partial charge in [0.15, 0.2) is 0 Å². The summed E-state index contributed by atoms with van der Waals surface area (Å²) in [7, 11) is 0. The number of nitrogens with zero attached hydrogens (tertiary/aromatic N) is 1. The number of carbonyl (C=O) groups is 1. The minimum absolute atomic E-state index is 0.225. The Labute approximate surface area is 63.1 Å². The molecule has 4 heteroatoms. The molecule has 1 aliphatic rings. The van der Waals surface area contributed by atoms with Crippen molar-refractivity contribution in [2.45, 2.75) is 13.0 Å². The highest BCUT2D eigenvalue weighted by atomic mass is 35.5. The van der Waals surface area contributed by atoms with E-state index in [2.05, 4.69) is 0 Å². The van der Waals surface area contributed by atoms with Gasteiger partial charge in [-0.25, -0.2) is 0 Å². The van der Waals surface area contributed by atoms with Crippen LogP contribution < -0.4 is 0 Å². The van der Waals surface area contributed by atoms with Crippen LogP contribution in [0.15, 0.2) is 11.0 Å². The largest absolute Gasteiger partial charge is 0.301 e. The molecule has 0 fully saturated rings. The van der Waals surface area contributed by atoms with E-state index in [-0.39, 0.29) is 6.04 Å². The van der Waals surface area contributed by atoms with E-state index in [1.165, 1.54) is 15.8 Å². The second-order valence-corrected chi connectivity index (χ2v) is 3.22. The van der Waals surface area contributed by atoms with E-state index in [0.29, 0.717) is 0 Å². The Bertz CT molecular complexity index is 159. The van der Waals surface area contributed by atoms with Crippen molar-refractivity contribution in [3.63, 3.8) is 0 Å². The van der Waals surface area contributed by atoms with Crippen LogP contribution in [0, 0.1) is 0 Å². The summed E-state index contributed by atoms with van der Waals surface area (Å²) >= 11 is 6.93. The maximum atomic E-state index is 10.2. The molecule has 50 valence electrons. The first-order valence-corrected chi connectivity index (χ1v) is 3.67. The van der Waals surface area contributed by atoms with E-state index in [4.69, 9.17) is 11.8 Å². The Morgan fingerprint density at radius 1 is 2.00 bits per heavy atom. The SMILES string of the molecule is CC1=CSN(Cl)C1C=O. The van der Waals surface area contributed by atoms with Gasteiger partial charge in [-0.3, -0.25) is 0 Å². The van der Waals surface area contributed by atoms with Crippen molar-refractivity contribution in [1.82, 2.24) is 3.82 Å². The Morgan fingerprint density at radius 3 is 2.89 bits per heavy atom. The van der Waals surface area contributed by atoms with Gasteiger partial charge in [0.1, 0.15) is 12.3 Å². The van der Waals surface area contributed by atoms with Gasteiger partial charge in [-0.1, -0.05) is 0 Å². The number of hydrogen-bond acceptors (Lipinski definition) is 3. The topological polar surface area (TPSA) is 20.3 Å². The van der Waals surface area contributed by atoms with Crippen LogP contribution in [-0.4, -0.2) is 16.2 Å². The van der Waals surface area contributed by atoms with Gasteiger partial charge in [0.2, 0.25) is 0 Å². The first-order valence-electron chi connectivity index (χ1n) is 2.49. The third kappa shape index (κ3) is 1.28. The molecule has 9 heavy (non-hydrogen) atoms. The van der Waals surface area contributed by atoms with E-state index in [1.807, 2.05) is 12.3 Å². The Hall–Kier alpha value is 0.01000. The van der Waals surface area contributed by atoms with Crippen molar-refractivity contribution in [3.8, 4) is 0 Å². The number of rotatable bonds is 1. The third-order valence-corrected chi connectivity index (χ3v) is 2.51. The molecule has 0 spiro atoms. The highest BCUT2D eigenvalue weighted by molar-refractivity contribution is 8.01. The predicted molar refractivity (Wildman–Crippen MR) is 38.9 cm³/mol. The summed E-state index contributed by atoms with van der Waals surface area (Å²) in [6.07, 6.45) is 0.832. The molecule has 0 saturated carbocycles. The van der Waals surface area contributed by atoms with Crippen LogP contribution in [0.2, 0.25) is 0 Å². The lowest BCUT2D eigenvalue weighted by atomic mass is 10.2. The van der Waals surface area contributed by atoms with Crippen LogP contribution in [0.3, 0.4) is 0 Å². The van der Waals surface area contributed by atoms with Crippen LogP contribution in [0.5, 0.6) is 0 Å². The summed E-state index contributed by atoms with van der Waals surface area (Å²) in [5.74, 6) is 0. The quantitative estimate of drug-likeness (QED) is 0.333. The van der Waals surface area contributed by atoms with E-state index < -0.39 is 0 Å². The molecule has 1 unspecified atom stereocenters. The predicted octanol–water partition coefficient (Wildman–Crippen LogP) is 1.58. The molecule has 0 saturated heterocycles. The summed E-state index contributed by atoms with van der Waals surface area (Å²) in [6, 6.07) is -0.225. The normalized spacial score (nSPS) is 28.2. The van der Waals surface area contributed by atoms with Gasteiger partial charge in [0.25, 0.3) is 0 Å². The molecule has 1 atom stereocenters. The first-order chi connectivity index (χ1) is 4.25. The first kappa shape index (κ1) is 7.12. The van der Waals surface area contributed by atoms with Crippen LogP contribution in [-0.2, 0) is 4.79 Å². The zero-order valence-electron chi connectivity index (χ0n) is 4.87. The van der Waals surface area contributed by atoms with Gasteiger partial charge in [-0.2, -0.15) is 0 Å². The second kappa shape index (κ2) is 2.73. The summed E-state index contributed by atoms with van der Waals surface area (Å²) in [6.45, 7) is 1.88. The molecule has 1 heterocycles. The van der Waals surface area contributed by atoms with Gasteiger partial charge < -0.3 is 4.79 Å². The van der Waals surface area contributed by atoms with Crippen molar-refractivity contribution >= 4 is 30.0 Å². The standard InChI is InChI=1S/C5H6ClNOS/c1-4-3-9-7(6)5(4)2-8/h2-3,5H,1H3. The average molecular weight is 164 g/mol. The van der Waals surface area contributed by atoms with Crippen molar-refractivity contribution in [1.29, 1.82) is 0 Å². The molecular weight excluding hydrogens is 158 g/mol. The summed E-state index contributed by atoms with van der Waals surface area (Å²) < 4.78 is 1.41. The van der Waals surface area contributed by atoms with Crippen LogP contribution >= 0.6 is 23.7 Å². The molecule has 0 bridgehead atoms. The molecule has 0 aromatic carbocycles. The van der Waals surface area contributed by atoms with Gasteiger partial charge in [-0.15, -0.1) is 3.82 Å². The molecule has 1 rings (SSSR count). The lowest BCUT2D eigenvalue weighted by Gasteiger charge is -2.08. The van der Waals surface area contributed by atoms with Crippen LogP contribution in [0.1, 0.15) is 6.92 Å². The lowest BCUT2D eigenvalue weighted by Crippen LogP contribution is -2.19.